The fourth-order valence-corrected chi connectivity index (χ4v) is 3.97. The summed E-state index contributed by atoms with van der Waals surface area (Å²) in [5.41, 5.74) is 3.81. The van der Waals surface area contributed by atoms with Crippen LogP contribution in [0.5, 0.6) is 0 Å². The van der Waals surface area contributed by atoms with Gasteiger partial charge in [0.25, 0.3) is 0 Å². The summed E-state index contributed by atoms with van der Waals surface area (Å²) in [4.78, 5) is 38.1. The topological polar surface area (TPSA) is 95.9 Å². The third-order valence-electron chi connectivity index (χ3n) is 6.00. The summed E-state index contributed by atoms with van der Waals surface area (Å²) >= 11 is 0. The molecule has 3 rings (SSSR count). The van der Waals surface area contributed by atoms with Gasteiger partial charge in [0.15, 0.2) is 0 Å². The van der Waals surface area contributed by atoms with Crippen LogP contribution in [0.3, 0.4) is 0 Å². The van der Waals surface area contributed by atoms with Crippen molar-refractivity contribution >= 4 is 18.0 Å². The van der Waals surface area contributed by atoms with Crippen molar-refractivity contribution in [3.05, 3.63) is 59.7 Å². The van der Waals surface area contributed by atoms with E-state index in [0.717, 1.165) is 27.2 Å². The maximum atomic E-state index is 13.0. The number of carboxylic acids is 1. The molecule has 0 saturated carbocycles. The molecule has 2 aromatic rings. The van der Waals surface area contributed by atoms with Gasteiger partial charge in [-0.1, -0.05) is 69.3 Å². The molecule has 2 aromatic carbocycles. The van der Waals surface area contributed by atoms with Crippen molar-refractivity contribution in [1.29, 1.82) is 0 Å². The van der Waals surface area contributed by atoms with Crippen molar-refractivity contribution in [2.45, 2.75) is 45.7 Å². The molecule has 0 radical (unpaired) electrons. The number of benzene rings is 2. The van der Waals surface area contributed by atoms with Crippen LogP contribution in [0.1, 0.15) is 44.7 Å². The Hall–Kier alpha value is -3.35. The lowest BCUT2D eigenvalue weighted by atomic mass is 9.85. The second kappa shape index (κ2) is 9.02. The van der Waals surface area contributed by atoms with E-state index in [2.05, 4.69) is 17.4 Å². The van der Waals surface area contributed by atoms with Crippen LogP contribution in [0.25, 0.3) is 11.1 Å². The van der Waals surface area contributed by atoms with Crippen molar-refractivity contribution in [3.63, 3.8) is 0 Å². The minimum Gasteiger partial charge on any atom is -0.480 e. The number of hydrogen-bond donors (Lipinski definition) is 2. The first-order valence-electron chi connectivity index (χ1n) is 10.6. The highest BCUT2D eigenvalue weighted by molar-refractivity contribution is 5.89. The number of aliphatic carboxylic acids is 1. The summed E-state index contributed by atoms with van der Waals surface area (Å²) in [6, 6.07) is 14.1. The summed E-state index contributed by atoms with van der Waals surface area (Å²) in [6.07, 6.45) is -0.712. The number of carbonyl (C=O) groups is 3. The monoisotopic (exact) mass is 438 g/mol. The van der Waals surface area contributed by atoms with Crippen LogP contribution < -0.4 is 5.32 Å². The molecule has 2 unspecified atom stereocenters. The number of nitrogens with zero attached hydrogens (tertiary/aromatic N) is 1. The Morgan fingerprint density at radius 1 is 1.03 bits per heavy atom. The molecule has 0 aliphatic heterocycles. The number of carboxylic acid groups (broad SMARTS) is 1. The molecule has 1 aliphatic carbocycles. The molecule has 0 fully saturated rings. The van der Waals surface area contributed by atoms with E-state index in [1.165, 1.54) is 14.0 Å². The predicted molar refractivity (Wildman–Crippen MR) is 121 cm³/mol. The Labute approximate surface area is 188 Å². The standard InChI is InChI=1S/C25H30N2O5/c1-15(23(29)30)27(5)22(28)21(25(2,3)4)26-24(31)32-14-20-18-12-8-6-10-16(18)17-11-7-9-13-19(17)20/h6-13,15,20-21H,14H2,1-5H3,(H,26,31)(H,29,30). The Morgan fingerprint density at radius 2 is 1.53 bits per heavy atom. The van der Waals surface area contributed by atoms with Crippen LogP contribution in [-0.4, -0.2) is 53.7 Å². The van der Waals surface area contributed by atoms with E-state index < -0.39 is 35.5 Å². The zero-order chi connectivity index (χ0) is 23.6. The van der Waals surface area contributed by atoms with E-state index in [9.17, 15) is 19.5 Å². The number of nitrogens with one attached hydrogen (secondary N) is 1. The highest BCUT2D eigenvalue weighted by Crippen LogP contribution is 2.44. The minimum atomic E-state index is -1.12. The predicted octanol–water partition coefficient (Wildman–Crippen LogP) is 3.87. The molecule has 1 aliphatic rings. The van der Waals surface area contributed by atoms with Crippen LogP contribution >= 0.6 is 0 Å². The second-order valence-electron chi connectivity index (χ2n) is 9.23. The number of amides is 2. The van der Waals surface area contributed by atoms with Gasteiger partial charge in [0, 0.05) is 13.0 Å². The quantitative estimate of drug-likeness (QED) is 0.714. The molecule has 0 aromatic heterocycles. The lowest BCUT2D eigenvalue weighted by Gasteiger charge is -2.34. The largest absolute Gasteiger partial charge is 0.480 e. The number of likely N-dealkylation sites (N-methyl/N-ethyl adjacent to an activating group) is 1. The van der Waals surface area contributed by atoms with Crippen LogP contribution in [0.4, 0.5) is 4.79 Å². The van der Waals surface area contributed by atoms with Crippen molar-refractivity contribution < 1.29 is 24.2 Å². The third kappa shape index (κ3) is 4.61. The number of alkyl carbamates (subject to hydrolysis) is 1. The number of rotatable bonds is 6. The van der Waals surface area contributed by atoms with Gasteiger partial charge in [0.05, 0.1) is 0 Å². The van der Waals surface area contributed by atoms with Crippen LogP contribution in [0.2, 0.25) is 0 Å². The number of carbonyl (C=O) groups excluding carboxylic acids is 2. The molecule has 2 amide bonds. The number of fused-ring (bicyclic) bond motifs is 3. The maximum absolute atomic E-state index is 13.0. The summed E-state index contributed by atoms with van der Waals surface area (Å²) in [5.74, 6) is -1.69. The fourth-order valence-electron chi connectivity index (χ4n) is 3.97. The highest BCUT2D eigenvalue weighted by Gasteiger charge is 2.38. The van der Waals surface area contributed by atoms with Crippen molar-refractivity contribution in [3.8, 4) is 11.1 Å². The van der Waals surface area contributed by atoms with Crippen molar-refractivity contribution in [2.24, 2.45) is 5.41 Å². The molecular weight excluding hydrogens is 408 g/mol. The van der Waals surface area contributed by atoms with Crippen molar-refractivity contribution in [1.82, 2.24) is 10.2 Å². The first-order chi connectivity index (χ1) is 15.0. The Bertz CT molecular complexity index is 981. The Kier molecular flexibility index (Phi) is 6.57. The molecule has 7 nitrogen and oxygen atoms in total. The van der Waals surface area contributed by atoms with Gasteiger partial charge in [0.2, 0.25) is 5.91 Å². The zero-order valence-electron chi connectivity index (χ0n) is 19.1. The van der Waals surface area contributed by atoms with Gasteiger partial charge in [-0.25, -0.2) is 9.59 Å². The molecule has 2 N–H and O–H groups in total. The van der Waals surface area contributed by atoms with Gasteiger partial charge >= 0.3 is 12.1 Å². The summed E-state index contributed by atoms with van der Waals surface area (Å²) in [6.45, 7) is 6.97. The molecule has 170 valence electrons. The zero-order valence-corrected chi connectivity index (χ0v) is 19.1. The van der Waals surface area contributed by atoms with Gasteiger partial charge < -0.3 is 20.1 Å². The lowest BCUT2D eigenvalue weighted by Crippen LogP contribution is -2.56. The average molecular weight is 439 g/mol. The lowest BCUT2D eigenvalue weighted by molar-refractivity contribution is -0.150. The fraction of sp³-hybridized carbons (Fsp3) is 0.400. The van der Waals surface area contributed by atoms with E-state index in [1.807, 2.05) is 36.4 Å². The molecule has 32 heavy (non-hydrogen) atoms. The summed E-state index contributed by atoms with van der Waals surface area (Å²) in [5, 5.41) is 11.9. The smallest absolute Gasteiger partial charge is 0.407 e. The minimum absolute atomic E-state index is 0.0911. The van der Waals surface area contributed by atoms with Crippen LogP contribution in [-0.2, 0) is 14.3 Å². The highest BCUT2D eigenvalue weighted by atomic mass is 16.5. The van der Waals surface area contributed by atoms with Crippen LogP contribution in [0, 0.1) is 5.41 Å². The molecule has 0 spiro atoms. The number of hydrogen-bond acceptors (Lipinski definition) is 4. The summed E-state index contributed by atoms with van der Waals surface area (Å²) < 4.78 is 5.57. The van der Waals surface area contributed by atoms with Gasteiger partial charge in [-0.3, -0.25) is 4.79 Å². The molecule has 7 heteroatoms. The average Bonchev–Trinajstić information content (AvgIpc) is 3.07. The van der Waals surface area contributed by atoms with E-state index in [1.54, 1.807) is 20.8 Å². The van der Waals surface area contributed by atoms with Gasteiger partial charge in [-0.2, -0.15) is 0 Å². The van der Waals surface area contributed by atoms with E-state index in [-0.39, 0.29) is 12.5 Å². The molecule has 2 atom stereocenters. The SMILES string of the molecule is CC(C(=O)O)N(C)C(=O)C(NC(=O)OCC1c2ccccc2-c2ccccc21)C(C)(C)C. The molecular formula is C25H30N2O5. The first-order valence-corrected chi connectivity index (χ1v) is 10.6. The molecule has 0 bridgehead atoms. The third-order valence-corrected chi connectivity index (χ3v) is 6.00. The number of ether oxygens (including phenoxy) is 1. The summed E-state index contributed by atoms with van der Waals surface area (Å²) in [7, 11) is 1.42. The van der Waals surface area contributed by atoms with E-state index >= 15 is 0 Å². The molecule has 0 saturated heterocycles. The van der Waals surface area contributed by atoms with E-state index in [4.69, 9.17) is 4.74 Å². The van der Waals surface area contributed by atoms with E-state index in [0.29, 0.717) is 0 Å². The van der Waals surface area contributed by atoms with Crippen molar-refractivity contribution in [2.75, 3.05) is 13.7 Å². The Balaban J connectivity index is 1.73. The van der Waals surface area contributed by atoms with Crippen LogP contribution in [0.15, 0.2) is 48.5 Å². The molecule has 0 heterocycles. The first kappa shape index (κ1) is 23.3. The van der Waals surface area contributed by atoms with Gasteiger partial charge in [-0.05, 0) is 34.6 Å². The van der Waals surface area contributed by atoms with Gasteiger partial charge in [0.1, 0.15) is 18.7 Å². The normalized spacial score (nSPS) is 14.7. The van der Waals surface area contributed by atoms with Gasteiger partial charge in [-0.15, -0.1) is 0 Å². The second-order valence-corrected chi connectivity index (χ2v) is 9.23. The maximum Gasteiger partial charge on any atom is 0.407 e. The Morgan fingerprint density at radius 3 is 2.00 bits per heavy atom.